The van der Waals surface area contributed by atoms with E-state index in [1.165, 1.54) is 0 Å². The zero-order valence-electron chi connectivity index (χ0n) is 8.82. The highest BCUT2D eigenvalue weighted by Crippen LogP contribution is 2.35. The summed E-state index contributed by atoms with van der Waals surface area (Å²) in [6.45, 7) is 2.44. The lowest BCUT2D eigenvalue weighted by Crippen LogP contribution is -2.39. The molecule has 0 radical (unpaired) electrons. The van der Waals surface area contributed by atoms with Crippen molar-refractivity contribution in [3.8, 4) is 5.75 Å². The van der Waals surface area contributed by atoms with Gasteiger partial charge in [-0.2, -0.15) is 0 Å². The number of hydrogen-bond donors (Lipinski definition) is 2. The van der Waals surface area contributed by atoms with E-state index in [4.69, 9.17) is 0 Å². The number of aromatic hydroxyl groups is 1. The first-order chi connectivity index (χ1) is 7.05. The molecule has 80 valence electrons. The van der Waals surface area contributed by atoms with Crippen LogP contribution in [0.15, 0.2) is 24.3 Å². The van der Waals surface area contributed by atoms with Gasteiger partial charge in [-0.3, -0.25) is 0 Å². The third-order valence-corrected chi connectivity index (χ3v) is 3.11. The molecule has 1 atom stereocenters. The zero-order valence-corrected chi connectivity index (χ0v) is 8.82. The lowest BCUT2D eigenvalue weighted by molar-refractivity contribution is 0.187. The molecule has 2 N–H and O–H groups in total. The molecule has 4 nitrogen and oxygen atoms in total. The molecule has 0 aromatic heterocycles. The van der Waals surface area contributed by atoms with Gasteiger partial charge in [-0.05, 0) is 13.0 Å². The molecule has 0 aliphatic carbocycles. The second-order valence-corrected chi connectivity index (χ2v) is 4.01. The molecule has 1 aliphatic rings. The molecule has 1 unspecified atom stereocenters. The Kier molecular flexibility index (Phi) is 2.07. The Bertz CT molecular complexity index is 405. The Morgan fingerprint density at radius 1 is 1.47 bits per heavy atom. The summed E-state index contributed by atoms with van der Waals surface area (Å²) < 4.78 is 0. The molecular weight excluding hydrogens is 192 g/mol. The third kappa shape index (κ3) is 1.33. The molecule has 2 rings (SSSR count). The smallest absolute Gasteiger partial charge is 0.318 e. The van der Waals surface area contributed by atoms with E-state index in [9.17, 15) is 9.90 Å². The highest BCUT2D eigenvalue weighted by atomic mass is 16.3. The Morgan fingerprint density at radius 2 is 2.13 bits per heavy atom. The van der Waals surface area contributed by atoms with Crippen molar-refractivity contribution in [2.24, 2.45) is 0 Å². The molecular formula is C11H14N2O2. The summed E-state index contributed by atoms with van der Waals surface area (Å²) in [7, 11) is 1.73. The first-order valence-corrected chi connectivity index (χ1v) is 4.86. The summed E-state index contributed by atoms with van der Waals surface area (Å²) in [5.41, 5.74) is 0.299. The fraction of sp³-hybridized carbons (Fsp3) is 0.364. The van der Waals surface area contributed by atoms with Crippen LogP contribution in [0.25, 0.3) is 0 Å². The Morgan fingerprint density at radius 3 is 2.67 bits per heavy atom. The minimum atomic E-state index is -0.470. The fourth-order valence-corrected chi connectivity index (χ4v) is 1.91. The maximum absolute atomic E-state index is 11.4. The lowest BCUT2D eigenvalue weighted by Gasteiger charge is -2.31. The Hall–Kier alpha value is -1.71. The zero-order chi connectivity index (χ0) is 11.1. The molecule has 1 saturated heterocycles. The topological polar surface area (TPSA) is 52.6 Å². The highest BCUT2D eigenvalue weighted by Gasteiger charge is 2.41. The largest absolute Gasteiger partial charge is 0.508 e. The van der Waals surface area contributed by atoms with Crippen LogP contribution in [0.2, 0.25) is 0 Å². The van der Waals surface area contributed by atoms with Crippen molar-refractivity contribution in [1.29, 1.82) is 0 Å². The predicted octanol–water partition coefficient (Wildman–Crippen LogP) is 1.26. The molecule has 1 heterocycles. The normalized spacial score (nSPS) is 25.5. The van der Waals surface area contributed by atoms with Crippen LogP contribution in [0.4, 0.5) is 4.79 Å². The van der Waals surface area contributed by atoms with Crippen molar-refractivity contribution in [3.05, 3.63) is 29.8 Å². The SMILES string of the molecule is CN1C(=O)NCC1(C)c1ccccc1O. The number of carbonyl (C=O) groups is 1. The van der Waals surface area contributed by atoms with Crippen LogP contribution >= 0.6 is 0 Å². The van der Waals surface area contributed by atoms with E-state index in [2.05, 4.69) is 5.32 Å². The van der Waals surface area contributed by atoms with Crippen molar-refractivity contribution < 1.29 is 9.90 Å². The number of phenols is 1. The van der Waals surface area contributed by atoms with Crippen LogP contribution in [0, 0.1) is 0 Å². The average molecular weight is 206 g/mol. The van der Waals surface area contributed by atoms with E-state index < -0.39 is 5.54 Å². The lowest BCUT2D eigenvalue weighted by atomic mass is 9.91. The molecule has 15 heavy (non-hydrogen) atoms. The number of rotatable bonds is 1. The van der Waals surface area contributed by atoms with Gasteiger partial charge in [-0.15, -0.1) is 0 Å². The second-order valence-electron chi connectivity index (χ2n) is 4.01. The van der Waals surface area contributed by atoms with Gasteiger partial charge in [0.15, 0.2) is 0 Å². The number of phenolic OH excluding ortho intramolecular Hbond substituents is 1. The summed E-state index contributed by atoms with van der Waals surface area (Å²) in [6.07, 6.45) is 0. The van der Waals surface area contributed by atoms with Crippen LogP contribution in [0.1, 0.15) is 12.5 Å². The van der Waals surface area contributed by atoms with Crippen molar-refractivity contribution >= 4 is 6.03 Å². The number of amides is 2. The summed E-state index contributed by atoms with van der Waals surface area (Å²) in [5, 5.41) is 12.5. The van der Waals surface area contributed by atoms with E-state index in [-0.39, 0.29) is 11.8 Å². The predicted molar refractivity (Wildman–Crippen MR) is 56.6 cm³/mol. The quantitative estimate of drug-likeness (QED) is 0.726. The molecule has 1 aromatic carbocycles. The van der Waals surface area contributed by atoms with Crippen molar-refractivity contribution in [2.45, 2.75) is 12.5 Å². The molecule has 0 bridgehead atoms. The van der Waals surface area contributed by atoms with Gasteiger partial charge >= 0.3 is 6.03 Å². The minimum absolute atomic E-state index is 0.110. The molecule has 1 fully saturated rings. The van der Waals surface area contributed by atoms with Gasteiger partial charge in [0, 0.05) is 19.2 Å². The summed E-state index contributed by atoms with van der Waals surface area (Å²) in [6, 6.07) is 6.99. The van der Waals surface area contributed by atoms with Gasteiger partial charge in [0.2, 0.25) is 0 Å². The summed E-state index contributed by atoms with van der Waals surface area (Å²) >= 11 is 0. The molecule has 1 aliphatic heterocycles. The number of carbonyl (C=O) groups excluding carboxylic acids is 1. The monoisotopic (exact) mass is 206 g/mol. The van der Waals surface area contributed by atoms with Crippen molar-refractivity contribution in [1.82, 2.24) is 10.2 Å². The van der Waals surface area contributed by atoms with Gasteiger partial charge in [0.1, 0.15) is 5.75 Å². The molecule has 0 saturated carbocycles. The van der Waals surface area contributed by atoms with E-state index in [1.54, 1.807) is 24.1 Å². The number of hydrogen-bond acceptors (Lipinski definition) is 2. The van der Waals surface area contributed by atoms with Crippen molar-refractivity contribution in [3.63, 3.8) is 0 Å². The second kappa shape index (κ2) is 3.15. The standard InChI is InChI=1S/C11H14N2O2/c1-11(7-12-10(15)13(11)2)8-5-3-4-6-9(8)14/h3-6,14H,7H2,1-2H3,(H,12,15). The molecule has 2 amide bonds. The van der Waals surface area contributed by atoms with Crippen LogP contribution in [0.5, 0.6) is 5.75 Å². The molecule has 4 heteroatoms. The third-order valence-electron chi connectivity index (χ3n) is 3.11. The molecule has 1 aromatic rings. The van der Waals surface area contributed by atoms with Gasteiger partial charge in [0.05, 0.1) is 5.54 Å². The van der Waals surface area contributed by atoms with Crippen LogP contribution in [-0.4, -0.2) is 29.6 Å². The average Bonchev–Trinajstić information content (AvgIpc) is 2.48. The maximum Gasteiger partial charge on any atom is 0.318 e. The molecule has 0 spiro atoms. The number of nitrogens with one attached hydrogen (secondary N) is 1. The van der Waals surface area contributed by atoms with Crippen LogP contribution in [0.3, 0.4) is 0 Å². The number of para-hydroxylation sites is 1. The van der Waals surface area contributed by atoms with E-state index >= 15 is 0 Å². The van der Waals surface area contributed by atoms with E-state index in [1.807, 2.05) is 19.1 Å². The summed E-state index contributed by atoms with van der Waals surface area (Å²) in [5.74, 6) is 0.225. The van der Waals surface area contributed by atoms with Crippen molar-refractivity contribution in [2.75, 3.05) is 13.6 Å². The first kappa shape index (κ1) is 9.83. The van der Waals surface area contributed by atoms with Gasteiger partial charge in [0.25, 0.3) is 0 Å². The number of benzene rings is 1. The number of urea groups is 1. The Labute approximate surface area is 88.5 Å². The minimum Gasteiger partial charge on any atom is -0.508 e. The van der Waals surface area contributed by atoms with E-state index in [0.717, 1.165) is 5.56 Å². The number of nitrogens with zero attached hydrogens (tertiary/aromatic N) is 1. The highest BCUT2D eigenvalue weighted by molar-refractivity contribution is 5.78. The van der Waals surface area contributed by atoms with Gasteiger partial charge < -0.3 is 15.3 Å². The van der Waals surface area contributed by atoms with Gasteiger partial charge in [-0.1, -0.05) is 18.2 Å². The number of likely N-dealkylation sites (N-methyl/N-ethyl adjacent to an activating group) is 1. The van der Waals surface area contributed by atoms with E-state index in [0.29, 0.717) is 6.54 Å². The van der Waals surface area contributed by atoms with Crippen LogP contribution in [-0.2, 0) is 5.54 Å². The Balaban J connectivity index is 2.47. The summed E-state index contributed by atoms with van der Waals surface area (Å²) in [4.78, 5) is 13.0. The fourth-order valence-electron chi connectivity index (χ4n) is 1.91. The van der Waals surface area contributed by atoms with Crippen LogP contribution < -0.4 is 5.32 Å². The first-order valence-electron chi connectivity index (χ1n) is 4.86. The van der Waals surface area contributed by atoms with Gasteiger partial charge in [-0.25, -0.2) is 4.79 Å². The maximum atomic E-state index is 11.4.